The summed E-state index contributed by atoms with van der Waals surface area (Å²) in [6.45, 7) is 3.19. The van der Waals surface area contributed by atoms with Crippen LogP contribution in [0.4, 0.5) is 0 Å². The minimum Gasteiger partial charge on any atom is -0.348 e. The van der Waals surface area contributed by atoms with Crippen LogP contribution in [0.3, 0.4) is 0 Å². The minimum absolute atomic E-state index is 0.147. The highest BCUT2D eigenvalue weighted by molar-refractivity contribution is 5.94. The Balaban J connectivity index is 1.90. The molecule has 0 spiro atoms. The number of pyridine rings is 2. The lowest BCUT2D eigenvalue weighted by atomic mass is 9.95. The van der Waals surface area contributed by atoms with Gasteiger partial charge in [-0.05, 0) is 55.4 Å². The molecule has 0 aliphatic heterocycles. The smallest absolute Gasteiger partial charge is 0.263 e. The fraction of sp³-hybridized carbons (Fsp3) is 0.500. The topological polar surface area (TPSA) is 64.0 Å². The zero-order chi connectivity index (χ0) is 19.1. The molecule has 0 fully saturated rings. The van der Waals surface area contributed by atoms with Crippen molar-refractivity contribution >= 4 is 5.91 Å². The van der Waals surface area contributed by atoms with E-state index in [1.165, 1.54) is 18.4 Å². The summed E-state index contributed by atoms with van der Waals surface area (Å²) in [6, 6.07) is 5.60. The number of carbonyl (C=O) groups is 1. The van der Waals surface area contributed by atoms with E-state index in [1.54, 1.807) is 12.4 Å². The molecule has 0 atom stereocenters. The summed E-state index contributed by atoms with van der Waals surface area (Å²) in [6.07, 6.45) is 12.0. The van der Waals surface area contributed by atoms with Crippen LogP contribution in [0.25, 0.3) is 0 Å². The van der Waals surface area contributed by atoms with Crippen molar-refractivity contribution in [3.05, 3.63) is 63.3 Å². The van der Waals surface area contributed by atoms with Crippen LogP contribution in [0.1, 0.15) is 72.6 Å². The summed E-state index contributed by atoms with van der Waals surface area (Å²) in [5, 5.41) is 2.88. The van der Waals surface area contributed by atoms with Crippen LogP contribution in [-0.4, -0.2) is 15.5 Å². The van der Waals surface area contributed by atoms with Crippen molar-refractivity contribution in [3.63, 3.8) is 0 Å². The molecule has 27 heavy (non-hydrogen) atoms. The first-order valence-corrected chi connectivity index (χ1v) is 10.1. The van der Waals surface area contributed by atoms with Gasteiger partial charge in [-0.25, -0.2) is 0 Å². The lowest BCUT2D eigenvalue weighted by Crippen LogP contribution is -2.35. The molecule has 0 bridgehead atoms. The maximum absolute atomic E-state index is 13.1. The Morgan fingerprint density at radius 1 is 1.22 bits per heavy atom. The minimum atomic E-state index is -0.293. The standard InChI is InChI=1S/C22H29N3O2/c1-2-3-13-25-20-11-7-5-4-6-10-18(20)14-19(22(25)27)21(26)24-16-17-9-8-12-23-15-17/h8-9,12,14-15H,2-7,10-11,13,16H2,1H3,(H,24,26). The number of rotatable bonds is 6. The number of carbonyl (C=O) groups excluding carboxylic acids is 1. The first-order chi connectivity index (χ1) is 13.2. The van der Waals surface area contributed by atoms with Gasteiger partial charge >= 0.3 is 0 Å². The normalized spacial score (nSPS) is 14.1. The number of aromatic nitrogens is 2. The Hall–Kier alpha value is -2.43. The van der Waals surface area contributed by atoms with E-state index >= 15 is 0 Å². The van der Waals surface area contributed by atoms with E-state index in [-0.39, 0.29) is 17.0 Å². The largest absolute Gasteiger partial charge is 0.348 e. The van der Waals surface area contributed by atoms with E-state index in [0.29, 0.717) is 13.1 Å². The number of hydrogen-bond donors (Lipinski definition) is 1. The second-order valence-corrected chi connectivity index (χ2v) is 7.30. The zero-order valence-corrected chi connectivity index (χ0v) is 16.2. The van der Waals surface area contributed by atoms with Crippen molar-refractivity contribution in [2.45, 2.75) is 71.4 Å². The highest BCUT2D eigenvalue weighted by atomic mass is 16.2. The molecule has 0 unspecified atom stereocenters. The third kappa shape index (κ3) is 4.85. The number of fused-ring (bicyclic) bond motifs is 1. The van der Waals surface area contributed by atoms with E-state index in [1.807, 2.05) is 22.8 Å². The number of nitrogens with zero attached hydrogens (tertiary/aromatic N) is 2. The summed E-state index contributed by atoms with van der Waals surface area (Å²) in [4.78, 5) is 29.9. The van der Waals surface area contributed by atoms with Crippen LogP contribution in [0.15, 0.2) is 35.4 Å². The molecule has 3 rings (SSSR count). The summed E-state index contributed by atoms with van der Waals surface area (Å²) >= 11 is 0. The first-order valence-electron chi connectivity index (χ1n) is 10.1. The van der Waals surface area contributed by atoms with Gasteiger partial charge in [-0.2, -0.15) is 0 Å². The predicted octanol–water partition coefficient (Wildman–Crippen LogP) is 3.63. The number of aryl methyl sites for hydroxylation is 1. The summed E-state index contributed by atoms with van der Waals surface area (Å²) in [7, 11) is 0. The third-order valence-electron chi connectivity index (χ3n) is 5.26. The summed E-state index contributed by atoms with van der Waals surface area (Å²) in [5.41, 5.74) is 3.37. The number of hydrogen-bond acceptors (Lipinski definition) is 3. The van der Waals surface area contributed by atoms with Crippen LogP contribution in [0.5, 0.6) is 0 Å². The molecular formula is C22H29N3O2. The number of unbranched alkanes of at least 4 members (excludes halogenated alkanes) is 1. The van der Waals surface area contributed by atoms with Crippen LogP contribution in [-0.2, 0) is 25.9 Å². The molecule has 1 N–H and O–H groups in total. The number of amides is 1. The maximum atomic E-state index is 13.1. The van der Waals surface area contributed by atoms with Gasteiger partial charge in [-0.15, -0.1) is 0 Å². The Morgan fingerprint density at radius 3 is 2.78 bits per heavy atom. The van der Waals surface area contributed by atoms with E-state index < -0.39 is 0 Å². The van der Waals surface area contributed by atoms with E-state index in [9.17, 15) is 9.59 Å². The average Bonchev–Trinajstić information content (AvgIpc) is 2.67. The quantitative estimate of drug-likeness (QED) is 0.848. The molecule has 1 aliphatic rings. The molecule has 2 aromatic heterocycles. The van der Waals surface area contributed by atoms with Gasteiger partial charge in [0.1, 0.15) is 5.56 Å². The Morgan fingerprint density at radius 2 is 2.04 bits per heavy atom. The van der Waals surface area contributed by atoms with E-state index in [4.69, 9.17) is 0 Å². The van der Waals surface area contributed by atoms with Crippen molar-refractivity contribution in [1.82, 2.24) is 14.9 Å². The SMILES string of the molecule is CCCCn1c2c(cc(C(=O)NCc3cccnc3)c1=O)CCCCCC2. The summed E-state index contributed by atoms with van der Waals surface area (Å²) in [5.74, 6) is -0.293. The van der Waals surface area contributed by atoms with Gasteiger partial charge in [0.15, 0.2) is 0 Å². The van der Waals surface area contributed by atoms with Crippen LogP contribution < -0.4 is 10.9 Å². The zero-order valence-electron chi connectivity index (χ0n) is 16.2. The van der Waals surface area contributed by atoms with Crippen LogP contribution >= 0.6 is 0 Å². The van der Waals surface area contributed by atoms with Crippen molar-refractivity contribution in [1.29, 1.82) is 0 Å². The second kappa shape index (κ2) is 9.49. The Bertz CT molecular complexity index is 827. The van der Waals surface area contributed by atoms with E-state index in [2.05, 4.69) is 17.2 Å². The van der Waals surface area contributed by atoms with Crippen molar-refractivity contribution < 1.29 is 4.79 Å². The molecule has 0 radical (unpaired) electrons. The maximum Gasteiger partial charge on any atom is 0.263 e. The fourth-order valence-electron chi connectivity index (χ4n) is 3.73. The molecule has 0 aromatic carbocycles. The number of nitrogens with one attached hydrogen (secondary N) is 1. The monoisotopic (exact) mass is 367 g/mol. The van der Waals surface area contributed by atoms with Gasteiger partial charge < -0.3 is 9.88 Å². The first kappa shape index (κ1) is 19.3. The average molecular weight is 367 g/mol. The molecule has 1 amide bonds. The van der Waals surface area contributed by atoms with Crippen LogP contribution in [0, 0.1) is 0 Å². The molecule has 5 nitrogen and oxygen atoms in total. The third-order valence-corrected chi connectivity index (χ3v) is 5.26. The van der Waals surface area contributed by atoms with E-state index in [0.717, 1.165) is 49.8 Å². The molecule has 144 valence electrons. The lowest BCUT2D eigenvalue weighted by molar-refractivity contribution is 0.0948. The molecule has 0 saturated carbocycles. The molecule has 2 heterocycles. The van der Waals surface area contributed by atoms with Gasteiger partial charge in [-0.3, -0.25) is 14.6 Å². The van der Waals surface area contributed by atoms with Gasteiger partial charge in [-0.1, -0.05) is 32.3 Å². The highest BCUT2D eigenvalue weighted by Gasteiger charge is 2.19. The van der Waals surface area contributed by atoms with Crippen LogP contribution in [0.2, 0.25) is 0 Å². The molecule has 5 heteroatoms. The molecule has 1 aliphatic carbocycles. The molecule has 0 saturated heterocycles. The lowest BCUT2D eigenvalue weighted by Gasteiger charge is -2.21. The Labute approximate surface area is 160 Å². The summed E-state index contributed by atoms with van der Waals surface area (Å²) < 4.78 is 1.88. The van der Waals surface area contributed by atoms with Gasteiger partial charge in [0, 0.05) is 31.2 Å². The van der Waals surface area contributed by atoms with Gasteiger partial charge in [0.2, 0.25) is 0 Å². The second-order valence-electron chi connectivity index (χ2n) is 7.30. The fourth-order valence-corrected chi connectivity index (χ4v) is 3.73. The highest BCUT2D eigenvalue weighted by Crippen LogP contribution is 2.20. The van der Waals surface area contributed by atoms with Crippen molar-refractivity contribution in [3.8, 4) is 0 Å². The molecular weight excluding hydrogens is 338 g/mol. The predicted molar refractivity (Wildman–Crippen MR) is 107 cm³/mol. The van der Waals surface area contributed by atoms with Gasteiger partial charge in [0.25, 0.3) is 11.5 Å². The van der Waals surface area contributed by atoms with Crippen molar-refractivity contribution in [2.24, 2.45) is 0 Å². The van der Waals surface area contributed by atoms with Crippen molar-refractivity contribution in [2.75, 3.05) is 0 Å². The Kier molecular flexibility index (Phi) is 6.80. The molecule has 2 aromatic rings. The van der Waals surface area contributed by atoms with Gasteiger partial charge in [0.05, 0.1) is 0 Å².